The van der Waals surface area contributed by atoms with Crippen LogP contribution in [0.3, 0.4) is 0 Å². The molecule has 0 aromatic carbocycles. The third kappa shape index (κ3) is 4.84. The first kappa shape index (κ1) is 14.7. The molecule has 1 aromatic rings. The van der Waals surface area contributed by atoms with E-state index in [-0.39, 0.29) is 0 Å². The Kier molecular flexibility index (Phi) is 4.85. The fourth-order valence-corrected chi connectivity index (χ4v) is 1.89. The van der Waals surface area contributed by atoms with Crippen molar-refractivity contribution in [1.82, 2.24) is 14.7 Å². The van der Waals surface area contributed by atoms with Gasteiger partial charge in [0.2, 0.25) is 10.0 Å². The van der Waals surface area contributed by atoms with Crippen LogP contribution in [0, 0.1) is 13.8 Å². The zero-order chi connectivity index (χ0) is 13.8. The molecule has 0 spiro atoms. The van der Waals surface area contributed by atoms with Gasteiger partial charge in [0.25, 0.3) is 0 Å². The monoisotopic (exact) mass is 273 g/mol. The Bertz CT molecular complexity index is 515. The molecule has 7 nitrogen and oxygen atoms in total. The number of hydrogen-bond acceptors (Lipinski definition) is 6. The minimum atomic E-state index is -3.11. The van der Waals surface area contributed by atoms with Gasteiger partial charge in [-0.1, -0.05) is 0 Å². The number of nitrogens with zero attached hydrogens (tertiary/aromatic N) is 2. The number of nitrogen functional groups attached to an aromatic ring is 1. The van der Waals surface area contributed by atoms with Gasteiger partial charge >= 0.3 is 0 Å². The lowest BCUT2D eigenvalue weighted by Crippen LogP contribution is -2.24. The van der Waals surface area contributed by atoms with E-state index in [1.54, 1.807) is 6.92 Å². The van der Waals surface area contributed by atoms with Crippen molar-refractivity contribution >= 4 is 21.7 Å². The van der Waals surface area contributed by atoms with Crippen LogP contribution in [-0.4, -0.2) is 37.7 Å². The smallest absolute Gasteiger partial charge is 0.208 e. The lowest BCUT2D eigenvalue weighted by atomic mass is 10.3. The second-order valence-corrected chi connectivity index (χ2v) is 5.91. The molecule has 18 heavy (non-hydrogen) atoms. The van der Waals surface area contributed by atoms with Gasteiger partial charge < -0.3 is 11.1 Å². The topological polar surface area (TPSA) is 110 Å². The van der Waals surface area contributed by atoms with E-state index in [0.717, 1.165) is 11.8 Å². The first-order valence-electron chi connectivity index (χ1n) is 5.59. The maximum Gasteiger partial charge on any atom is 0.208 e. The zero-order valence-electron chi connectivity index (χ0n) is 10.8. The van der Waals surface area contributed by atoms with Crippen molar-refractivity contribution < 1.29 is 8.42 Å². The maximum absolute atomic E-state index is 10.8. The van der Waals surface area contributed by atoms with Gasteiger partial charge in [-0.3, -0.25) is 0 Å². The number of anilines is 2. The molecular weight excluding hydrogens is 254 g/mol. The number of aromatic nitrogens is 2. The summed E-state index contributed by atoms with van der Waals surface area (Å²) in [5, 5.41) is 3.11. The quantitative estimate of drug-likeness (QED) is 0.631. The van der Waals surface area contributed by atoms with Gasteiger partial charge in [0.1, 0.15) is 17.5 Å². The maximum atomic E-state index is 10.8. The molecule has 0 atom stereocenters. The molecule has 1 rings (SSSR count). The van der Waals surface area contributed by atoms with E-state index in [9.17, 15) is 8.42 Å². The Hall–Kier alpha value is -1.41. The summed E-state index contributed by atoms with van der Waals surface area (Å²) in [5.41, 5.74) is 6.53. The van der Waals surface area contributed by atoms with Crippen LogP contribution in [0.5, 0.6) is 0 Å². The Morgan fingerprint density at radius 2 is 1.89 bits per heavy atom. The fraction of sp³-hybridized carbons (Fsp3) is 0.600. The van der Waals surface area contributed by atoms with Gasteiger partial charge in [0, 0.05) is 18.7 Å². The predicted molar refractivity (Wildman–Crippen MR) is 71.9 cm³/mol. The molecule has 0 saturated carbocycles. The van der Waals surface area contributed by atoms with Crippen LogP contribution in [0.25, 0.3) is 0 Å². The highest BCUT2D eigenvalue weighted by Crippen LogP contribution is 2.16. The van der Waals surface area contributed by atoms with Crippen LogP contribution >= 0.6 is 0 Å². The number of sulfonamides is 1. The van der Waals surface area contributed by atoms with E-state index >= 15 is 0 Å². The van der Waals surface area contributed by atoms with Gasteiger partial charge in [-0.15, -0.1) is 0 Å². The van der Waals surface area contributed by atoms with Crippen molar-refractivity contribution in [3.63, 3.8) is 0 Å². The molecule has 1 aromatic heterocycles. The summed E-state index contributed by atoms with van der Waals surface area (Å²) in [6, 6.07) is 0. The normalized spacial score (nSPS) is 11.5. The van der Waals surface area contributed by atoms with Crippen LogP contribution in [0.1, 0.15) is 17.8 Å². The molecule has 0 saturated heterocycles. The summed E-state index contributed by atoms with van der Waals surface area (Å²) in [5.74, 6) is 1.76. The van der Waals surface area contributed by atoms with E-state index in [0.29, 0.717) is 37.0 Å². The van der Waals surface area contributed by atoms with E-state index in [1.807, 2.05) is 6.92 Å². The van der Waals surface area contributed by atoms with Crippen molar-refractivity contribution in [2.75, 3.05) is 30.4 Å². The van der Waals surface area contributed by atoms with Gasteiger partial charge in [-0.05, 0) is 20.3 Å². The van der Waals surface area contributed by atoms with Crippen molar-refractivity contribution in [1.29, 1.82) is 0 Å². The van der Waals surface area contributed by atoms with E-state index < -0.39 is 10.0 Å². The molecule has 1 heterocycles. The SMILES string of the molecule is Cc1nc(N)c(C)c(NCCCNS(C)(=O)=O)n1. The second-order valence-electron chi connectivity index (χ2n) is 4.08. The number of hydrogen-bond donors (Lipinski definition) is 3. The molecule has 0 aliphatic rings. The van der Waals surface area contributed by atoms with Gasteiger partial charge in [-0.2, -0.15) is 0 Å². The van der Waals surface area contributed by atoms with Crippen LogP contribution in [0.4, 0.5) is 11.6 Å². The summed E-state index contributed by atoms with van der Waals surface area (Å²) in [6.07, 6.45) is 1.80. The zero-order valence-corrected chi connectivity index (χ0v) is 11.6. The molecule has 0 radical (unpaired) electrons. The number of rotatable bonds is 6. The molecule has 0 aliphatic carbocycles. The number of nitrogens with one attached hydrogen (secondary N) is 2. The summed E-state index contributed by atoms with van der Waals surface area (Å²) in [6.45, 7) is 4.61. The lowest BCUT2D eigenvalue weighted by molar-refractivity contribution is 0.586. The molecule has 0 unspecified atom stereocenters. The molecule has 0 aliphatic heterocycles. The Morgan fingerprint density at radius 3 is 2.50 bits per heavy atom. The summed E-state index contributed by atoms with van der Waals surface area (Å²) >= 11 is 0. The van der Waals surface area contributed by atoms with E-state index in [2.05, 4.69) is 20.0 Å². The summed E-state index contributed by atoms with van der Waals surface area (Å²) < 4.78 is 24.1. The summed E-state index contributed by atoms with van der Waals surface area (Å²) in [7, 11) is -3.11. The van der Waals surface area contributed by atoms with Crippen LogP contribution < -0.4 is 15.8 Å². The minimum absolute atomic E-state index is 0.393. The highest BCUT2D eigenvalue weighted by Gasteiger charge is 2.06. The largest absolute Gasteiger partial charge is 0.383 e. The first-order valence-corrected chi connectivity index (χ1v) is 7.48. The predicted octanol–water partition coefficient (Wildman–Crippen LogP) is 0.0268. The van der Waals surface area contributed by atoms with Crippen molar-refractivity contribution in [2.24, 2.45) is 0 Å². The standard InChI is InChI=1S/C10H19N5O2S/c1-7-9(11)14-8(2)15-10(7)12-5-4-6-13-18(3,16)17/h13H,4-6H2,1-3H3,(H3,11,12,14,15). The third-order valence-corrected chi connectivity index (χ3v) is 3.03. The van der Waals surface area contributed by atoms with Gasteiger partial charge in [-0.25, -0.2) is 23.1 Å². The van der Waals surface area contributed by atoms with Crippen LogP contribution in [0.15, 0.2) is 0 Å². The van der Waals surface area contributed by atoms with Gasteiger partial charge in [0.15, 0.2) is 0 Å². The Balaban J connectivity index is 2.45. The van der Waals surface area contributed by atoms with E-state index in [1.165, 1.54) is 0 Å². The molecule has 4 N–H and O–H groups in total. The number of aryl methyl sites for hydroxylation is 1. The first-order chi connectivity index (χ1) is 8.29. The molecule has 0 bridgehead atoms. The average molecular weight is 273 g/mol. The number of nitrogens with two attached hydrogens (primary N) is 1. The van der Waals surface area contributed by atoms with Crippen molar-refractivity contribution in [3.8, 4) is 0 Å². The third-order valence-electron chi connectivity index (χ3n) is 2.31. The van der Waals surface area contributed by atoms with Crippen LogP contribution in [-0.2, 0) is 10.0 Å². The summed E-state index contributed by atoms with van der Waals surface area (Å²) in [4.78, 5) is 8.28. The molecular formula is C10H19N5O2S. The van der Waals surface area contributed by atoms with Crippen molar-refractivity contribution in [3.05, 3.63) is 11.4 Å². The van der Waals surface area contributed by atoms with E-state index in [4.69, 9.17) is 5.73 Å². The second kappa shape index (κ2) is 5.96. The fourth-order valence-electron chi connectivity index (χ4n) is 1.37. The Morgan fingerprint density at radius 1 is 1.22 bits per heavy atom. The van der Waals surface area contributed by atoms with Gasteiger partial charge in [0.05, 0.1) is 6.26 Å². The van der Waals surface area contributed by atoms with Crippen molar-refractivity contribution in [2.45, 2.75) is 20.3 Å². The molecule has 0 fully saturated rings. The highest BCUT2D eigenvalue weighted by molar-refractivity contribution is 7.88. The van der Waals surface area contributed by atoms with Crippen LogP contribution in [0.2, 0.25) is 0 Å². The average Bonchev–Trinajstić information content (AvgIpc) is 2.22. The lowest BCUT2D eigenvalue weighted by Gasteiger charge is -2.10. The Labute approximate surface area is 107 Å². The highest BCUT2D eigenvalue weighted by atomic mass is 32.2. The molecule has 8 heteroatoms. The minimum Gasteiger partial charge on any atom is -0.383 e. The molecule has 102 valence electrons. The molecule has 0 amide bonds.